The van der Waals surface area contributed by atoms with Crippen LogP contribution in [0.15, 0.2) is 29.3 Å². The van der Waals surface area contributed by atoms with Crippen LogP contribution >= 0.6 is 0 Å². The number of ether oxygens (including phenoxy) is 1. The smallest absolute Gasteiger partial charge is 0.340 e. The van der Waals surface area contributed by atoms with Crippen LogP contribution in [0.4, 0.5) is 5.69 Å². The molecule has 0 bridgehead atoms. The van der Waals surface area contributed by atoms with Gasteiger partial charge in [-0.15, -0.1) is 0 Å². The van der Waals surface area contributed by atoms with Gasteiger partial charge in [-0.1, -0.05) is 0 Å². The number of H-pyrrole nitrogens is 1. The van der Waals surface area contributed by atoms with Gasteiger partial charge in [0.2, 0.25) is 0 Å². The molecule has 0 spiro atoms. The zero-order valence-electron chi connectivity index (χ0n) is 16.0. The van der Waals surface area contributed by atoms with Crippen molar-refractivity contribution < 1.29 is 19.2 Å². The quantitative estimate of drug-likeness (QED) is 0.291. The molecule has 3 aromatic rings. The van der Waals surface area contributed by atoms with Crippen LogP contribution in [0.25, 0.3) is 10.9 Å². The molecule has 2 heterocycles. The van der Waals surface area contributed by atoms with E-state index in [1.807, 2.05) is 0 Å². The van der Waals surface area contributed by atoms with Crippen molar-refractivity contribution in [2.45, 2.75) is 27.3 Å². The second-order valence-corrected chi connectivity index (χ2v) is 6.40. The largest absolute Gasteiger partial charge is 0.462 e. The Morgan fingerprint density at radius 2 is 2.03 bits per heavy atom. The third-order valence-corrected chi connectivity index (χ3v) is 4.53. The highest BCUT2D eigenvalue weighted by Gasteiger charge is 2.23. The van der Waals surface area contributed by atoms with Gasteiger partial charge in [0.15, 0.2) is 5.78 Å². The number of non-ortho nitro benzene ring substituents is 1. The van der Waals surface area contributed by atoms with Crippen molar-refractivity contribution in [3.8, 4) is 0 Å². The molecule has 0 fully saturated rings. The van der Waals surface area contributed by atoms with E-state index < -0.39 is 22.2 Å². The lowest BCUT2D eigenvalue weighted by Crippen LogP contribution is -2.25. The van der Waals surface area contributed by atoms with Crippen molar-refractivity contribution in [3.05, 3.63) is 67.5 Å². The lowest BCUT2D eigenvalue weighted by Gasteiger charge is -2.06. The monoisotopic (exact) mass is 398 g/mol. The van der Waals surface area contributed by atoms with Gasteiger partial charge in [-0.25, -0.2) is 9.78 Å². The summed E-state index contributed by atoms with van der Waals surface area (Å²) in [6.07, 6.45) is 1.17. The Balaban J connectivity index is 1.94. The van der Waals surface area contributed by atoms with Gasteiger partial charge >= 0.3 is 5.97 Å². The van der Waals surface area contributed by atoms with Gasteiger partial charge < -0.3 is 9.72 Å². The highest BCUT2D eigenvalue weighted by atomic mass is 16.6. The molecule has 150 valence electrons. The molecule has 0 aliphatic rings. The van der Waals surface area contributed by atoms with Crippen molar-refractivity contribution >= 4 is 28.3 Å². The number of nitro benzene ring substituents is 1. The minimum atomic E-state index is -0.576. The Bertz CT molecular complexity index is 1210. The molecule has 1 aromatic carbocycles. The number of hydrogen-bond acceptors (Lipinski definition) is 7. The van der Waals surface area contributed by atoms with E-state index in [-0.39, 0.29) is 35.4 Å². The Kier molecular flexibility index (Phi) is 5.26. The average molecular weight is 398 g/mol. The number of nitro groups is 1. The van der Waals surface area contributed by atoms with Crippen molar-refractivity contribution in [1.29, 1.82) is 0 Å². The minimum absolute atomic E-state index is 0.164. The van der Waals surface area contributed by atoms with Crippen LogP contribution in [-0.4, -0.2) is 37.8 Å². The molecule has 10 heteroatoms. The summed E-state index contributed by atoms with van der Waals surface area (Å²) in [4.78, 5) is 54.7. The molecular formula is C19H18N4O6. The van der Waals surface area contributed by atoms with Gasteiger partial charge in [0.1, 0.15) is 0 Å². The number of rotatable bonds is 6. The van der Waals surface area contributed by atoms with Crippen molar-refractivity contribution in [2.75, 3.05) is 6.61 Å². The fourth-order valence-electron chi connectivity index (χ4n) is 3.14. The first-order valence-electron chi connectivity index (χ1n) is 8.77. The lowest BCUT2D eigenvalue weighted by atomic mass is 10.1. The van der Waals surface area contributed by atoms with Crippen LogP contribution in [0, 0.1) is 24.0 Å². The summed E-state index contributed by atoms with van der Waals surface area (Å²) in [7, 11) is 0. The molecule has 29 heavy (non-hydrogen) atoms. The van der Waals surface area contributed by atoms with E-state index in [1.54, 1.807) is 20.8 Å². The Hall–Kier alpha value is -3.82. The fourth-order valence-corrected chi connectivity index (χ4v) is 3.14. The minimum Gasteiger partial charge on any atom is -0.462 e. The van der Waals surface area contributed by atoms with Gasteiger partial charge in [0, 0.05) is 17.8 Å². The molecule has 0 radical (unpaired) electrons. The number of Topliss-reactive ketones (excluding diaryl/α,β-unsaturated/α-hetero) is 1. The standard InChI is InChI=1S/C19H18N4O6/c1-4-29-19(26)16-10(2)17(21-11(16)3)15(24)8-22-9-20-14-7-12(23(27)28)5-6-13(14)18(22)25/h5-7,9,21H,4,8H2,1-3H3. The van der Waals surface area contributed by atoms with Gasteiger partial charge in [-0.05, 0) is 32.4 Å². The number of fused-ring (bicyclic) bond motifs is 1. The highest BCUT2D eigenvalue weighted by Crippen LogP contribution is 2.20. The number of carbonyl (C=O) groups excluding carboxylic acids is 2. The van der Waals surface area contributed by atoms with Crippen molar-refractivity contribution in [1.82, 2.24) is 14.5 Å². The molecule has 0 aliphatic heterocycles. The molecule has 0 unspecified atom stereocenters. The normalized spacial score (nSPS) is 10.9. The van der Waals surface area contributed by atoms with Gasteiger partial charge in [-0.2, -0.15) is 0 Å². The number of ketones is 1. The molecule has 0 atom stereocenters. The highest BCUT2D eigenvalue weighted by molar-refractivity contribution is 6.01. The van der Waals surface area contributed by atoms with E-state index in [2.05, 4.69) is 9.97 Å². The van der Waals surface area contributed by atoms with E-state index in [0.29, 0.717) is 16.8 Å². The van der Waals surface area contributed by atoms with E-state index in [0.717, 1.165) is 4.57 Å². The number of esters is 1. The summed E-state index contributed by atoms with van der Waals surface area (Å²) in [5.41, 5.74) is 0.952. The van der Waals surface area contributed by atoms with E-state index >= 15 is 0 Å². The number of nitrogens with one attached hydrogen (secondary N) is 1. The first-order valence-corrected chi connectivity index (χ1v) is 8.77. The number of aryl methyl sites for hydroxylation is 1. The fraction of sp³-hybridized carbons (Fsp3) is 0.263. The molecule has 1 N–H and O–H groups in total. The molecule has 0 saturated heterocycles. The second kappa shape index (κ2) is 7.66. The van der Waals surface area contributed by atoms with Crippen LogP contribution in [0.3, 0.4) is 0 Å². The third-order valence-electron chi connectivity index (χ3n) is 4.53. The first kappa shape index (κ1) is 19.9. The summed E-state index contributed by atoms with van der Waals surface area (Å²) in [5, 5.41) is 11.0. The number of nitrogens with zero attached hydrogens (tertiary/aromatic N) is 3. The van der Waals surface area contributed by atoms with Crippen LogP contribution in [0.1, 0.15) is 39.0 Å². The molecule has 10 nitrogen and oxygen atoms in total. The molecule has 3 rings (SSSR count). The van der Waals surface area contributed by atoms with Gasteiger partial charge in [0.05, 0.1) is 46.6 Å². The topological polar surface area (TPSA) is 137 Å². The number of aromatic nitrogens is 3. The Morgan fingerprint density at radius 1 is 1.31 bits per heavy atom. The van der Waals surface area contributed by atoms with Crippen LogP contribution in [0.2, 0.25) is 0 Å². The maximum Gasteiger partial charge on any atom is 0.340 e. The van der Waals surface area contributed by atoms with E-state index in [4.69, 9.17) is 4.74 Å². The second-order valence-electron chi connectivity index (χ2n) is 6.40. The van der Waals surface area contributed by atoms with Crippen molar-refractivity contribution in [2.24, 2.45) is 0 Å². The molecule has 0 aliphatic carbocycles. The predicted molar refractivity (Wildman–Crippen MR) is 103 cm³/mol. The number of benzene rings is 1. The molecular weight excluding hydrogens is 380 g/mol. The number of hydrogen-bond donors (Lipinski definition) is 1. The Morgan fingerprint density at radius 3 is 2.69 bits per heavy atom. The van der Waals surface area contributed by atoms with Gasteiger partial charge in [-0.3, -0.25) is 24.3 Å². The zero-order valence-corrected chi connectivity index (χ0v) is 16.0. The first-order chi connectivity index (χ1) is 13.7. The summed E-state index contributed by atoms with van der Waals surface area (Å²) < 4.78 is 6.13. The van der Waals surface area contributed by atoms with Crippen molar-refractivity contribution in [3.63, 3.8) is 0 Å². The lowest BCUT2D eigenvalue weighted by molar-refractivity contribution is -0.384. The summed E-state index contributed by atoms with van der Waals surface area (Å²) in [5.74, 6) is -0.935. The van der Waals surface area contributed by atoms with Crippen LogP contribution in [-0.2, 0) is 11.3 Å². The number of carbonyl (C=O) groups is 2. The third kappa shape index (κ3) is 3.64. The van der Waals surface area contributed by atoms with E-state index in [1.165, 1.54) is 24.5 Å². The molecule has 2 aromatic heterocycles. The maximum atomic E-state index is 12.8. The predicted octanol–water partition coefficient (Wildman–Crippen LogP) is 2.31. The summed E-state index contributed by atoms with van der Waals surface area (Å²) >= 11 is 0. The van der Waals surface area contributed by atoms with Crippen LogP contribution < -0.4 is 5.56 Å². The molecule has 0 amide bonds. The van der Waals surface area contributed by atoms with Crippen LogP contribution in [0.5, 0.6) is 0 Å². The van der Waals surface area contributed by atoms with E-state index in [9.17, 15) is 24.5 Å². The van der Waals surface area contributed by atoms with Gasteiger partial charge in [0.25, 0.3) is 11.2 Å². The maximum absolute atomic E-state index is 12.8. The number of aromatic amines is 1. The summed E-state index contributed by atoms with van der Waals surface area (Å²) in [6, 6.07) is 3.72. The summed E-state index contributed by atoms with van der Waals surface area (Å²) in [6.45, 7) is 4.88. The average Bonchev–Trinajstić information content (AvgIpc) is 2.98. The Labute approximate surface area is 164 Å². The molecule has 0 saturated carbocycles. The zero-order chi connectivity index (χ0) is 21.3. The SMILES string of the molecule is CCOC(=O)c1c(C)[nH]c(C(=O)Cn2cnc3cc([N+](=O)[O-])ccc3c2=O)c1C.